The predicted octanol–water partition coefficient (Wildman–Crippen LogP) is 8.98. The fourth-order valence-electron chi connectivity index (χ4n) is 4.62. The van der Waals surface area contributed by atoms with Crippen LogP contribution in [0.3, 0.4) is 0 Å². The van der Waals surface area contributed by atoms with Gasteiger partial charge in [0, 0.05) is 23.5 Å². The Bertz CT molecular complexity index is 1650. The minimum atomic E-state index is -0.591. The molecular formula is C35H34FN3O. The number of rotatable bonds is 4. The zero-order valence-electron chi connectivity index (χ0n) is 23.8. The SMILES string of the molecule is CC(C)(C)c1cc(-c2cc(-c3cnc(F)c(-c4ccccn4)c3)nc(-c3ccccc3O)c2)cc(C(C)(C)C)c1. The summed E-state index contributed by atoms with van der Waals surface area (Å²) in [6, 6.07) is 25.0. The van der Waals surface area contributed by atoms with Gasteiger partial charge >= 0.3 is 0 Å². The summed E-state index contributed by atoms with van der Waals surface area (Å²) in [5, 5.41) is 10.7. The zero-order valence-corrected chi connectivity index (χ0v) is 23.8. The van der Waals surface area contributed by atoms with E-state index in [9.17, 15) is 9.50 Å². The highest BCUT2D eigenvalue weighted by Crippen LogP contribution is 2.38. The van der Waals surface area contributed by atoms with E-state index in [2.05, 4.69) is 69.7 Å². The Balaban J connectivity index is 1.77. The van der Waals surface area contributed by atoms with E-state index in [1.807, 2.05) is 30.3 Å². The Morgan fingerprint density at radius 1 is 0.600 bits per heavy atom. The molecule has 1 N–H and O–H groups in total. The lowest BCUT2D eigenvalue weighted by atomic mass is 9.79. The van der Waals surface area contributed by atoms with Crippen molar-refractivity contribution in [3.63, 3.8) is 0 Å². The van der Waals surface area contributed by atoms with E-state index in [0.29, 0.717) is 33.8 Å². The zero-order chi connectivity index (χ0) is 28.7. The lowest BCUT2D eigenvalue weighted by molar-refractivity contribution is 0.477. The third kappa shape index (κ3) is 5.64. The standard InChI is InChI=1S/C35H34FN3O/c1-34(2,3)25-15-22(16-26(20-25)35(4,5)6)23-18-30(39-31(19-23)27-11-7-8-13-32(27)40)24-17-28(33(36)38-21-24)29-12-9-10-14-37-29/h7-21,40H,1-6H3. The van der Waals surface area contributed by atoms with Crippen molar-refractivity contribution in [1.82, 2.24) is 15.0 Å². The number of phenols is 1. The lowest BCUT2D eigenvalue weighted by Crippen LogP contribution is -2.16. The third-order valence-corrected chi connectivity index (χ3v) is 7.08. The molecule has 4 nitrogen and oxygen atoms in total. The predicted molar refractivity (Wildman–Crippen MR) is 161 cm³/mol. The Labute approximate surface area is 235 Å². The molecule has 2 aromatic carbocycles. The Morgan fingerprint density at radius 3 is 1.85 bits per heavy atom. The fraction of sp³-hybridized carbons (Fsp3) is 0.229. The van der Waals surface area contributed by atoms with Crippen LogP contribution >= 0.6 is 0 Å². The quantitative estimate of drug-likeness (QED) is 0.235. The van der Waals surface area contributed by atoms with Gasteiger partial charge in [-0.15, -0.1) is 0 Å². The average Bonchev–Trinajstić information content (AvgIpc) is 2.92. The first-order valence-corrected chi connectivity index (χ1v) is 13.4. The Morgan fingerprint density at radius 2 is 1.23 bits per heavy atom. The molecule has 5 aromatic rings. The van der Waals surface area contributed by atoms with E-state index in [0.717, 1.165) is 11.1 Å². The summed E-state index contributed by atoms with van der Waals surface area (Å²) < 4.78 is 14.8. The number of hydrogen-bond donors (Lipinski definition) is 1. The molecule has 0 aliphatic heterocycles. The first kappa shape index (κ1) is 27.2. The molecular weight excluding hydrogens is 497 g/mol. The molecule has 0 aliphatic carbocycles. The number of pyridine rings is 3. The first-order chi connectivity index (χ1) is 18.9. The van der Waals surface area contributed by atoms with Gasteiger partial charge in [0.05, 0.1) is 22.6 Å². The largest absolute Gasteiger partial charge is 0.507 e. The van der Waals surface area contributed by atoms with Gasteiger partial charge in [0.2, 0.25) is 5.95 Å². The summed E-state index contributed by atoms with van der Waals surface area (Å²) >= 11 is 0. The van der Waals surface area contributed by atoms with Gasteiger partial charge in [-0.1, -0.05) is 77.9 Å². The number of benzene rings is 2. The molecule has 0 amide bonds. The number of para-hydroxylation sites is 1. The van der Waals surface area contributed by atoms with Crippen LogP contribution in [0, 0.1) is 5.95 Å². The van der Waals surface area contributed by atoms with Crippen molar-refractivity contribution in [2.24, 2.45) is 0 Å². The molecule has 0 fully saturated rings. The van der Waals surface area contributed by atoms with E-state index in [4.69, 9.17) is 4.98 Å². The van der Waals surface area contributed by atoms with Crippen LogP contribution in [0.25, 0.3) is 44.9 Å². The van der Waals surface area contributed by atoms with E-state index >= 15 is 0 Å². The normalized spacial score (nSPS) is 12.0. The summed E-state index contributed by atoms with van der Waals surface area (Å²) in [7, 11) is 0. The maximum absolute atomic E-state index is 14.8. The number of aromatic nitrogens is 3. The van der Waals surface area contributed by atoms with Crippen LogP contribution in [0.15, 0.2) is 91.3 Å². The topological polar surface area (TPSA) is 58.9 Å². The van der Waals surface area contributed by atoms with Crippen molar-refractivity contribution in [1.29, 1.82) is 0 Å². The molecule has 3 heterocycles. The molecule has 0 aliphatic rings. The van der Waals surface area contributed by atoms with Crippen molar-refractivity contribution < 1.29 is 9.50 Å². The minimum Gasteiger partial charge on any atom is -0.507 e. The highest BCUT2D eigenvalue weighted by Gasteiger charge is 2.22. The van der Waals surface area contributed by atoms with E-state index in [1.54, 1.807) is 36.5 Å². The summed E-state index contributed by atoms with van der Waals surface area (Å²) in [6.45, 7) is 13.3. The lowest BCUT2D eigenvalue weighted by Gasteiger charge is -2.26. The molecule has 0 spiro atoms. The maximum atomic E-state index is 14.8. The van der Waals surface area contributed by atoms with Gasteiger partial charge < -0.3 is 5.11 Å². The summed E-state index contributed by atoms with van der Waals surface area (Å²) in [6.07, 6.45) is 3.13. The maximum Gasteiger partial charge on any atom is 0.222 e. The van der Waals surface area contributed by atoms with Gasteiger partial charge in [-0.3, -0.25) is 4.98 Å². The van der Waals surface area contributed by atoms with Crippen LogP contribution in [0.2, 0.25) is 0 Å². The smallest absolute Gasteiger partial charge is 0.222 e. The molecule has 3 aromatic heterocycles. The van der Waals surface area contributed by atoms with E-state index in [-0.39, 0.29) is 16.6 Å². The van der Waals surface area contributed by atoms with Crippen molar-refractivity contribution in [3.05, 3.63) is 108 Å². The van der Waals surface area contributed by atoms with Crippen LogP contribution in [0.4, 0.5) is 4.39 Å². The fourth-order valence-corrected chi connectivity index (χ4v) is 4.62. The molecule has 5 rings (SSSR count). The van der Waals surface area contributed by atoms with Crippen LogP contribution in [-0.4, -0.2) is 20.1 Å². The number of aromatic hydroxyl groups is 1. The van der Waals surface area contributed by atoms with Crippen LogP contribution in [0.5, 0.6) is 5.75 Å². The second-order valence-corrected chi connectivity index (χ2v) is 12.2. The minimum absolute atomic E-state index is 0.0507. The van der Waals surface area contributed by atoms with Crippen molar-refractivity contribution in [2.75, 3.05) is 0 Å². The first-order valence-electron chi connectivity index (χ1n) is 13.4. The third-order valence-electron chi connectivity index (χ3n) is 7.08. The van der Waals surface area contributed by atoms with Crippen LogP contribution in [0.1, 0.15) is 52.7 Å². The molecule has 0 saturated heterocycles. The van der Waals surface area contributed by atoms with Crippen molar-refractivity contribution >= 4 is 0 Å². The van der Waals surface area contributed by atoms with Gasteiger partial charge in [-0.25, -0.2) is 9.97 Å². The Kier molecular flexibility index (Phi) is 7.01. The summed E-state index contributed by atoms with van der Waals surface area (Å²) in [5.74, 6) is -0.449. The second-order valence-electron chi connectivity index (χ2n) is 12.2. The number of phenolic OH excluding ortho intramolecular Hbond substituents is 1. The second kappa shape index (κ2) is 10.3. The van der Waals surface area contributed by atoms with Crippen LogP contribution < -0.4 is 0 Å². The number of nitrogens with zero attached hydrogens (tertiary/aromatic N) is 3. The van der Waals surface area contributed by atoms with E-state index < -0.39 is 5.95 Å². The molecule has 0 atom stereocenters. The summed E-state index contributed by atoms with van der Waals surface area (Å²) in [4.78, 5) is 13.3. The van der Waals surface area contributed by atoms with Crippen molar-refractivity contribution in [2.45, 2.75) is 52.4 Å². The highest BCUT2D eigenvalue weighted by atomic mass is 19.1. The monoisotopic (exact) mass is 531 g/mol. The molecule has 0 radical (unpaired) electrons. The van der Waals surface area contributed by atoms with Crippen molar-refractivity contribution in [3.8, 4) is 50.6 Å². The number of hydrogen-bond acceptors (Lipinski definition) is 4. The van der Waals surface area contributed by atoms with Gasteiger partial charge in [0.15, 0.2) is 0 Å². The molecule has 0 bridgehead atoms. The molecule has 5 heteroatoms. The molecule has 0 unspecified atom stereocenters. The molecule has 0 saturated carbocycles. The summed E-state index contributed by atoms with van der Waals surface area (Å²) in [5.41, 5.74) is 7.69. The van der Waals surface area contributed by atoms with Crippen LogP contribution in [-0.2, 0) is 10.8 Å². The van der Waals surface area contributed by atoms with E-state index in [1.165, 1.54) is 17.3 Å². The Hall–Kier alpha value is -4.38. The highest BCUT2D eigenvalue weighted by molar-refractivity contribution is 5.80. The average molecular weight is 532 g/mol. The number of halogens is 1. The van der Waals surface area contributed by atoms with Gasteiger partial charge in [-0.2, -0.15) is 4.39 Å². The molecule has 40 heavy (non-hydrogen) atoms. The van der Waals surface area contributed by atoms with Gasteiger partial charge in [0.1, 0.15) is 5.75 Å². The molecule has 202 valence electrons. The van der Waals surface area contributed by atoms with Gasteiger partial charge in [0.25, 0.3) is 0 Å². The van der Waals surface area contributed by atoms with Gasteiger partial charge in [-0.05, 0) is 75.5 Å².